The van der Waals surface area contributed by atoms with E-state index < -0.39 is 11.7 Å². The number of nitrogens with one attached hydrogen (secondary N) is 2. The lowest BCUT2D eigenvalue weighted by Gasteiger charge is -2.12. The number of aliphatic hydroxyl groups is 1. The standard InChI is InChI=1S/C20H15ClN4O3/c21-12-8-9-14-15(11-12)23-20(27)18(22-14)17(19(26)16-7-4-10-28-16)25-24-13-5-2-1-3-6-13/h1-11,19,24,26H,(H,23,27)/b25-17-. The number of nitrogens with zero attached hydrogens (tertiary/aromatic N) is 2. The molecule has 0 aliphatic heterocycles. The van der Waals surface area contributed by atoms with E-state index in [1.165, 1.54) is 6.26 Å². The summed E-state index contributed by atoms with van der Waals surface area (Å²) in [4.78, 5) is 19.8. The van der Waals surface area contributed by atoms with Gasteiger partial charge in [-0.15, -0.1) is 0 Å². The van der Waals surface area contributed by atoms with E-state index in [1.807, 2.05) is 18.2 Å². The van der Waals surface area contributed by atoms with Crippen molar-refractivity contribution in [2.75, 3.05) is 5.43 Å². The summed E-state index contributed by atoms with van der Waals surface area (Å²) in [7, 11) is 0. The van der Waals surface area contributed by atoms with Gasteiger partial charge in [0.15, 0.2) is 11.8 Å². The number of rotatable bonds is 5. The average molecular weight is 395 g/mol. The number of aromatic nitrogens is 2. The van der Waals surface area contributed by atoms with Gasteiger partial charge in [0, 0.05) is 5.02 Å². The average Bonchev–Trinajstić information content (AvgIpc) is 3.24. The van der Waals surface area contributed by atoms with Crippen LogP contribution in [0.4, 0.5) is 5.69 Å². The molecule has 140 valence electrons. The molecular formula is C20H15ClN4O3. The highest BCUT2D eigenvalue weighted by molar-refractivity contribution is 6.31. The Hall–Kier alpha value is -3.42. The number of benzene rings is 2. The molecule has 0 spiro atoms. The first-order valence-corrected chi connectivity index (χ1v) is 8.79. The third kappa shape index (κ3) is 3.66. The van der Waals surface area contributed by atoms with Crippen molar-refractivity contribution in [1.29, 1.82) is 0 Å². The molecule has 1 atom stereocenters. The first-order valence-electron chi connectivity index (χ1n) is 8.42. The summed E-state index contributed by atoms with van der Waals surface area (Å²) in [5.74, 6) is 0.242. The molecule has 0 aliphatic rings. The van der Waals surface area contributed by atoms with Gasteiger partial charge in [0.1, 0.15) is 11.5 Å². The van der Waals surface area contributed by atoms with E-state index >= 15 is 0 Å². The van der Waals surface area contributed by atoms with Crippen LogP contribution in [0.2, 0.25) is 5.02 Å². The fourth-order valence-corrected chi connectivity index (χ4v) is 2.87. The van der Waals surface area contributed by atoms with Crippen LogP contribution in [0.15, 0.2) is 81.2 Å². The molecule has 7 nitrogen and oxygen atoms in total. The summed E-state index contributed by atoms with van der Waals surface area (Å²) in [6.45, 7) is 0. The molecule has 0 saturated heterocycles. The van der Waals surface area contributed by atoms with Gasteiger partial charge < -0.3 is 14.5 Å². The number of furan rings is 1. The molecule has 4 rings (SSSR count). The van der Waals surface area contributed by atoms with E-state index in [2.05, 4.69) is 20.5 Å². The van der Waals surface area contributed by atoms with Gasteiger partial charge in [-0.1, -0.05) is 29.8 Å². The minimum atomic E-state index is -1.29. The SMILES string of the molecule is O=c1[nH]c2cc(Cl)ccc2nc1/C(=N/Nc1ccccc1)C(O)c1ccco1. The van der Waals surface area contributed by atoms with Crippen LogP contribution in [0.1, 0.15) is 17.6 Å². The number of halogens is 1. The number of aliphatic hydroxyl groups excluding tert-OH is 1. The first-order chi connectivity index (χ1) is 13.6. The zero-order valence-electron chi connectivity index (χ0n) is 14.5. The van der Waals surface area contributed by atoms with Crippen molar-refractivity contribution in [3.63, 3.8) is 0 Å². The molecule has 3 N–H and O–H groups in total. The molecule has 1 unspecified atom stereocenters. The van der Waals surface area contributed by atoms with E-state index in [4.69, 9.17) is 16.0 Å². The van der Waals surface area contributed by atoms with E-state index in [-0.39, 0.29) is 17.2 Å². The zero-order valence-corrected chi connectivity index (χ0v) is 15.2. The van der Waals surface area contributed by atoms with Crippen LogP contribution in [0.25, 0.3) is 11.0 Å². The second-order valence-electron chi connectivity index (χ2n) is 5.97. The number of para-hydroxylation sites is 1. The Labute approximate surface area is 164 Å². The topological polar surface area (TPSA) is 104 Å². The Morgan fingerprint density at radius 3 is 2.75 bits per heavy atom. The van der Waals surface area contributed by atoms with Crippen LogP contribution in [-0.4, -0.2) is 20.8 Å². The number of hydrogen-bond donors (Lipinski definition) is 3. The summed E-state index contributed by atoms with van der Waals surface area (Å²) in [5.41, 5.74) is 4.03. The number of anilines is 1. The highest BCUT2D eigenvalue weighted by Crippen LogP contribution is 2.20. The zero-order chi connectivity index (χ0) is 19.5. The lowest BCUT2D eigenvalue weighted by molar-refractivity contribution is 0.215. The Balaban J connectivity index is 1.83. The van der Waals surface area contributed by atoms with Crippen molar-refractivity contribution < 1.29 is 9.52 Å². The lowest BCUT2D eigenvalue weighted by Crippen LogP contribution is -2.26. The molecule has 0 aliphatic carbocycles. The van der Waals surface area contributed by atoms with Crippen LogP contribution in [0, 0.1) is 0 Å². The molecule has 2 heterocycles. The maximum absolute atomic E-state index is 12.7. The fourth-order valence-electron chi connectivity index (χ4n) is 2.69. The molecule has 4 aromatic rings. The van der Waals surface area contributed by atoms with Gasteiger partial charge >= 0.3 is 0 Å². The van der Waals surface area contributed by atoms with E-state index in [0.717, 1.165) is 0 Å². The second-order valence-corrected chi connectivity index (χ2v) is 6.41. The van der Waals surface area contributed by atoms with Gasteiger partial charge in [0.25, 0.3) is 5.56 Å². The number of aromatic amines is 1. The Morgan fingerprint density at radius 2 is 2.00 bits per heavy atom. The van der Waals surface area contributed by atoms with Crippen LogP contribution < -0.4 is 11.0 Å². The predicted molar refractivity (Wildman–Crippen MR) is 108 cm³/mol. The smallest absolute Gasteiger partial charge is 0.276 e. The van der Waals surface area contributed by atoms with Crippen LogP contribution in [0.5, 0.6) is 0 Å². The summed E-state index contributed by atoms with van der Waals surface area (Å²) >= 11 is 5.97. The number of fused-ring (bicyclic) bond motifs is 1. The molecule has 0 saturated carbocycles. The minimum absolute atomic E-state index is 0.0249. The van der Waals surface area contributed by atoms with Crippen LogP contribution in [0.3, 0.4) is 0 Å². The summed E-state index contributed by atoms with van der Waals surface area (Å²) in [6, 6.07) is 17.3. The van der Waals surface area contributed by atoms with Crippen LogP contribution in [-0.2, 0) is 0 Å². The van der Waals surface area contributed by atoms with Gasteiger partial charge in [-0.3, -0.25) is 10.2 Å². The van der Waals surface area contributed by atoms with Crippen molar-refractivity contribution >= 4 is 34.0 Å². The molecule has 0 radical (unpaired) electrons. The first kappa shape index (κ1) is 18.0. The maximum Gasteiger partial charge on any atom is 0.276 e. The minimum Gasteiger partial charge on any atom is -0.466 e. The maximum atomic E-state index is 12.7. The van der Waals surface area contributed by atoms with Gasteiger partial charge in [-0.25, -0.2) is 4.98 Å². The van der Waals surface area contributed by atoms with Gasteiger partial charge in [-0.2, -0.15) is 5.10 Å². The molecule has 8 heteroatoms. The molecule has 2 aromatic heterocycles. The van der Waals surface area contributed by atoms with Gasteiger partial charge in [0.2, 0.25) is 0 Å². The van der Waals surface area contributed by atoms with Gasteiger partial charge in [-0.05, 0) is 42.5 Å². The third-order valence-corrected chi connectivity index (χ3v) is 4.28. The largest absolute Gasteiger partial charge is 0.466 e. The monoisotopic (exact) mass is 394 g/mol. The Morgan fingerprint density at radius 1 is 1.18 bits per heavy atom. The van der Waals surface area contributed by atoms with E-state index in [9.17, 15) is 9.90 Å². The summed E-state index contributed by atoms with van der Waals surface area (Å²) in [6.07, 6.45) is 0.144. The highest BCUT2D eigenvalue weighted by Gasteiger charge is 2.24. The normalized spacial score (nSPS) is 12.9. The molecule has 0 amide bonds. The van der Waals surface area contributed by atoms with Crippen molar-refractivity contribution in [1.82, 2.24) is 9.97 Å². The highest BCUT2D eigenvalue weighted by atomic mass is 35.5. The second kappa shape index (κ2) is 7.67. The lowest BCUT2D eigenvalue weighted by atomic mass is 10.1. The molecule has 2 aromatic carbocycles. The van der Waals surface area contributed by atoms with Crippen molar-refractivity contribution in [3.05, 3.63) is 93.8 Å². The summed E-state index contributed by atoms with van der Waals surface area (Å²) < 4.78 is 5.28. The predicted octanol–water partition coefficient (Wildman–Crippen LogP) is 3.72. The van der Waals surface area contributed by atoms with Gasteiger partial charge in [0.05, 0.1) is 23.0 Å². The number of H-pyrrole nitrogens is 1. The fraction of sp³-hybridized carbons (Fsp3) is 0.0500. The van der Waals surface area contributed by atoms with Crippen molar-refractivity contribution in [3.8, 4) is 0 Å². The third-order valence-electron chi connectivity index (χ3n) is 4.05. The van der Waals surface area contributed by atoms with Crippen molar-refractivity contribution in [2.24, 2.45) is 5.10 Å². The quantitative estimate of drug-likeness (QED) is 0.353. The molecule has 28 heavy (non-hydrogen) atoms. The van der Waals surface area contributed by atoms with Crippen molar-refractivity contribution in [2.45, 2.75) is 6.10 Å². The van der Waals surface area contributed by atoms with Crippen LogP contribution >= 0.6 is 11.6 Å². The number of hydrogen-bond acceptors (Lipinski definition) is 6. The molecular weight excluding hydrogens is 380 g/mol. The van der Waals surface area contributed by atoms with E-state index in [0.29, 0.717) is 21.7 Å². The van der Waals surface area contributed by atoms with E-state index in [1.54, 1.807) is 42.5 Å². The Kier molecular flexibility index (Phi) is 4.92. The molecule has 0 fully saturated rings. The number of hydrazone groups is 1. The summed E-state index contributed by atoms with van der Waals surface area (Å²) in [5, 5.41) is 15.5. The molecule has 0 bridgehead atoms. The Bertz CT molecular complexity index is 1190.